The minimum Gasteiger partial charge on any atom is -0.454 e. The first kappa shape index (κ1) is 15.4. The Morgan fingerprint density at radius 2 is 2.29 bits per heavy atom. The minimum absolute atomic E-state index is 0.145. The maximum atomic E-state index is 12.5. The number of carbonyl (C=O) groups is 1. The number of piperazine rings is 1. The van der Waals surface area contributed by atoms with Gasteiger partial charge in [0.05, 0.1) is 12.1 Å². The Morgan fingerprint density at radius 3 is 3.17 bits per heavy atom. The van der Waals surface area contributed by atoms with E-state index in [1.54, 1.807) is 11.3 Å². The van der Waals surface area contributed by atoms with Gasteiger partial charge in [0.15, 0.2) is 11.5 Å². The summed E-state index contributed by atoms with van der Waals surface area (Å²) >= 11 is 1.55. The maximum Gasteiger partial charge on any atom is 0.231 e. The molecule has 0 bridgehead atoms. The van der Waals surface area contributed by atoms with E-state index in [1.165, 1.54) is 0 Å². The Kier molecular flexibility index (Phi) is 4.12. The fourth-order valence-electron chi connectivity index (χ4n) is 3.02. The SMILES string of the molecule is CC1CNCCN1C(=O)Cc1csc(-c2ccc3c(c2)OCO3)n1. The Bertz CT molecular complexity index is 761. The van der Waals surface area contributed by atoms with Gasteiger partial charge in [-0.2, -0.15) is 0 Å². The summed E-state index contributed by atoms with van der Waals surface area (Å²) in [5.41, 5.74) is 1.81. The zero-order valence-corrected chi connectivity index (χ0v) is 14.3. The fourth-order valence-corrected chi connectivity index (χ4v) is 3.84. The number of hydrogen-bond acceptors (Lipinski definition) is 6. The molecule has 1 fully saturated rings. The van der Waals surface area contributed by atoms with Crippen LogP contribution >= 0.6 is 11.3 Å². The van der Waals surface area contributed by atoms with Crippen LogP contribution in [0.5, 0.6) is 11.5 Å². The lowest BCUT2D eigenvalue weighted by Crippen LogP contribution is -2.52. The second-order valence-electron chi connectivity index (χ2n) is 6.03. The summed E-state index contributed by atoms with van der Waals surface area (Å²) in [5.74, 6) is 1.65. The van der Waals surface area contributed by atoms with Crippen molar-refractivity contribution in [2.24, 2.45) is 0 Å². The van der Waals surface area contributed by atoms with E-state index in [0.717, 1.165) is 47.4 Å². The minimum atomic E-state index is 0.145. The number of aromatic nitrogens is 1. The predicted octanol–water partition coefficient (Wildman–Crippen LogP) is 1.90. The van der Waals surface area contributed by atoms with Crippen molar-refractivity contribution < 1.29 is 14.3 Å². The number of nitrogens with one attached hydrogen (secondary N) is 1. The van der Waals surface area contributed by atoms with Crippen LogP contribution in [-0.4, -0.2) is 48.3 Å². The number of benzene rings is 1. The summed E-state index contributed by atoms with van der Waals surface area (Å²) < 4.78 is 10.7. The van der Waals surface area contributed by atoms with Crippen LogP contribution in [0, 0.1) is 0 Å². The van der Waals surface area contributed by atoms with Crippen LogP contribution in [0.1, 0.15) is 12.6 Å². The van der Waals surface area contributed by atoms with Gasteiger partial charge in [0.25, 0.3) is 0 Å². The van der Waals surface area contributed by atoms with Crippen molar-refractivity contribution in [2.75, 3.05) is 26.4 Å². The molecule has 4 rings (SSSR count). The number of fused-ring (bicyclic) bond motifs is 1. The molecule has 2 aliphatic rings. The summed E-state index contributed by atoms with van der Waals surface area (Å²) in [4.78, 5) is 19.1. The van der Waals surface area contributed by atoms with Gasteiger partial charge in [-0.05, 0) is 25.1 Å². The number of carbonyl (C=O) groups excluding carboxylic acids is 1. The summed E-state index contributed by atoms with van der Waals surface area (Å²) in [6.45, 7) is 4.81. The lowest BCUT2D eigenvalue weighted by atomic mass is 10.2. The van der Waals surface area contributed by atoms with Crippen molar-refractivity contribution in [2.45, 2.75) is 19.4 Å². The molecular weight excluding hydrogens is 326 g/mol. The smallest absolute Gasteiger partial charge is 0.231 e. The van der Waals surface area contributed by atoms with Crippen LogP contribution < -0.4 is 14.8 Å². The zero-order valence-electron chi connectivity index (χ0n) is 13.4. The molecular formula is C17H19N3O3S. The van der Waals surface area contributed by atoms with Gasteiger partial charge in [0, 0.05) is 36.6 Å². The van der Waals surface area contributed by atoms with E-state index in [1.807, 2.05) is 28.5 Å². The summed E-state index contributed by atoms with van der Waals surface area (Å²) in [6, 6.07) is 6.03. The average Bonchev–Trinajstić information content (AvgIpc) is 3.23. The van der Waals surface area contributed by atoms with Crippen molar-refractivity contribution in [1.82, 2.24) is 15.2 Å². The lowest BCUT2D eigenvalue weighted by Gasteiger charge is -2.33. The van der Waals surface area contributed by atoms with E-state index in [4.69, 9.17) is 9.47 Å². The first-order valence-electron chi connectivity index (χ1n) is 8.05. The Labute approximate surface area is 144 Å². The topological polar surface area (TPSA) is 63.7 Å². The van der Waals surface area contributed by atoms with E-state index < -0.39 is 0 Å². The van der Waals surface area contributed by atoms with Gasteiger partial charge in [-0.3, -0.25) is 4.79 Å². The highest BCUT2D eigenvalue weighted by molar-refractivity contribution is 7.13. The van der Waals surface area contributed by atoms with E-state index in [-0.39, 0.29) is 18.7 Å². The van der Waals surface area contributed by atoms with E-state index in [0.29, 0.717) is 6.42 Å². The third kappa shape index (κ3) is 2.97. The van der Waals surface area contributed by atoms with Crippen molar-refractivity contribution in [3.63, 3.8) is 0 Å². The van der Waals surface area contributed by atoms with Gasteiger partial charge in [-0.15, -0.1) is 11.3 Å². The van der Waals surface area contributed by atoms with Crippen LogP contribution in [0.25, 0.3) is 10.6 Å². The molecule has 1 aromatic heterocycles. The van der Waals surface area contributed by atoms with E-state index in [2.05, 4.69) is 17.2 Å². The van der Waals surface area contributed by atoms with Crippen molar-refractivity contribution in [1.29, 1.82) is 0 Å². The van der Waals surface area contributed by atoms with Crippen LogP contribution in [0.4, 0.5) is 0 Å². The van der Waals surface area contributed by atoms with Gasteiger partial charge in [0.2, 0.25) is 12.7 Å². The number of nitrogens with zero attached hydrogens (tertiary/aromatic N) is 2. The van der Waals surface area contributed by atoms with Crippen LogP contribution in [-0.2, 0) is 11.2 Å². The molecule has 1 unspecified atom stereocenters. The van der Waals surface area contributed by atoms with Gasteiger partial charge < -0.3 is 19.7 Å². The van der Waals surface area contributed by atoms with Crippen molar-refractivity contribution >= 4 is 17.2 Å². The second kappa shape index (κ2) is 6.41. The van der Waals surface area contributed by atoms with Gasteiger partial charge >= 0.3 is 0 Å². The Morgan fingerprint density at radius 1 is 1.42 bits per heavy atom. The fraction of sp³-hybridized carbons (Fsp3) is 0.412. The predicted molar refractivity (Wildman–Crippen MR) is 91.4 cm³/mol. The molecule has 1 amide bonds. The van der Waals surface area contributed by atoms with Crippen LogP contribution in [0.15, 0.2) is 23.6 Å². The molecule has 1 atom stereocenters. The first-order valence-corrected chi connectivity index (χ1v) is 8.93. The van der Waals surface area contributed by atoms with Crippen molar-refractivity contribution in [3.8, 4) is 22.1 Å². The quantitative estimate of drug-likeness (QED) is 0.921. The highest BCUT2D eigenvalue weighted by atomic mass is 32.1. The van der Waals surface area contributed by atoms with Gasteiger partial charge in [-0.25, -0.2) is 4.98 Å². The number of ether oxygens (including phenoxy) is 2. The molecule has 0 saturated carbocycles. The third-order valence-electron chi connectivity index (χ3n) is 4.33. The number of hydrogen-bond donors (Lipinski definition) is 1. The summed E-state index contributed by atoms with van der Waals surface area (Å²) in [5, 5.41) is 6.16. The van der Waals surface area contributed by atoms with Crippen LogP contribution in [0.2, 0.25) is 0 Å². The molecule has 7 heteroatoms. The summed E-state index contributed by atoms with van der Waals surface area (Å²) in [6.07, 6.45) is 0.353. The zero-order chi connectivity index (χ0) is 16.5. The lowest BCUT2D eigenvalue weighted by molar-refractivity contribution is -0.133. The van der Waals surface area contributed by atoms with E-state index in [9.17, 15) is 4.79 Å². The molecule has 126 valence electrons. The number of rotatable bonds is 3. The number of thiazole rings is 1. The molecule has 1 saturated heterocycles. The molecule has 24 heavy (non-hydrogen) atoms. The Hall–Kier alpha value is -2.12. The molecule has 1 N–H and O–H groups in total. The highest BCUT2D eigenvalue weighted by Crippen LogP contribution is 2.36. The average molecular weight is 345 g/mol. The van der Waals surface area contributed by atoms with E-state index >= 15 is 0 Å². The maximum absolute atomic E-state index is 12.5. The molecule has 0 aliphatic carbocycles. The van der Waals surface area contributed by atoms with Crippen LogP contribution in [0.3, 0.4) is 0 Å². The summed E-state index contributed by atoms with van der Waals surface area (Å²) in [7, 11) is 0. The second-order valence-corrected chi connectivity index (χ2v) is 6.89. The molecule has 1 aromatic carbocycles. The van der Waals surface area contributed by atoms with Gasteiger partial charge in [-0.1, -0.05) is 0 Å². The molecule has 3 heterocycles. The molecule has 6 nitrogen and oxygen atoms in total. The first-order chi connectivity index (χ1) is 11.7. The van der Waals surface area contributed by atoms with Crippen molar-refractivity contribution in [3.05, 3.63) is 29.3 Å². The largest absolute Gasteiger partial charge is 0.454 e. The van der Waals surface area contributed by atoms with Gasteiger partial charge in [0.1, 0.15) is 5.01 Å². The third-order valence-corrected chi connectivity index (χ3v) is 5.27. The normalized spacial score (nSPS) is 19.5. The molecule has 2 aliphatic heterocycles. The molecule has 2 aromatic rings. The molecule has 0 spiro atoms. The molecule has 0 radical (unpaired) electrons. The number of amides is 1. The Balaban J connectivity index is 1.47. The highest BCUT2D eigenvalue weighted by Gasteiger charge is 2.23. The monoisotopic (exact) mass is 345 g/mol. The standard InChI is InChI=1S/C17H19N3O3S/c1-11-8-18-4-5-20(11)16(21)7-13-9-24-17(19-13)12-2-3-14-15(6-12)23-10-22-14/h2-3,6,9,11,18H,4-5,7-8,10H2,1H3.